The summed E-state index contributed by atoms with van der Waals surface area (Å²) < 4.78 is 1.61. The summed E-state index contributed by atoms with van der Waals surface area (Å²) in [5.74, 6) is 0. The molecule has 0 aliphatic rings. The van der Waals surface area contributed by atoms with Gasteiger partial charge in [0.1, 0.15) is 6.33 Å². The average molecular weight is 157 g/mol. The van der Waals surface area contributed by atoms with E-state index in [0.717, 1.165) is 5.52 Å². The molecule has 0 saturated carbocycles. The Morgan fingerprint density at radius 3 is 3.10 bits per heavy atom. The van der Waals surface area contributed by atoms with E-state index in [1.165, 1.54) is 0 Å². The molecule has 0 aliphatic heterocycles. The molecule has 0 saturated heterocycles. The van der Waals surface area contributed by atoms with Crippen LogP contribution in [0.4, 0.5) is 0 Å². The van der Waals surface area contributed by atoms with Crippen LogP contribution in [0.15, 0.2) is 24.8 Å². The molecule has 0 radical (unpaired) electrons. The fourth-order valence-electron chi connectivity index (χ4n) is 0.682. The molecule has 0 bridgehead atoms. The van der Waals surface area contributed by atoms with Crippen LogP contribution in [0.2, 0.25) is 0 Å². The maximum atomic E-state index is 3.85. The maximum absolute atomic E-state index is 3.85. The Bertz CT molecular complexity index is 288. The third-order valence-electron chi connectivity index (χ3n) is 1.11. The lowest BCUT2D eigenvalue weighted by molar-refractivity contribution is 0.834. The van der Waals surface area contributed by atoms with Gasteiger partial charge >= 0.3 is 0 Å². The molecule has 2 heterocycles. The number of halogens is 1. The third-order valence-corrected chi connectivity index (χ3v) is 1.11. The lowest BCUT2D eigenvalue weighted by atomic mass is 10.5. The molecular formula is C5H5ClN4. The van der Waals surface area contributed by atoms with Crippen molar-refractivity contribution in [1.29, 1.82) is 0 Å². The summed E-state index contributed by atoms with van der Waals surface area (Å²) in [6, 6.07) is 1.85. The average Bonchev–Trinajstić information content (AvgIpc) is 2.33. The second kappa shape index (κ2) is 2.62. The summed E-state index contributed by atoms with van der Waals surface area (Å²) in [6.45, 7) is 0. The topological polar surface area (TPSA) is 43.1 Å². The van der Waals surface area contributed by atoms with Crippen LogP contribution in [0.25, 0.3) is 5.52 Å². The first-order chi connectivity index (χ1) is 4.47. The van der Waals surface area contributed by atoms with Gasteiger partial charge in [-0.3, -0.25) is 0 Å². The van der Waals surface area contributed by atoms with Crippen LogP contribution in [0, 0.1) is 0 Å². The molecule has 2 aromatic heterocycles. The Balaban J connectivity index is 0.000000500. The Kier molecular flexibility index (Phi) is 1.82. The van der Waals surface area contributed by atoms with Gasteiger partial charge in [-0.1, -0.05) is 5.21 Å². The molecule has 4 nitrogen and oxygen atoms in total. The van der Waals surface area contributed by atoms with Gasteiger partial charge in [-0.15, -0.1) is 17.5 Å². The highest BCUT2D eigenvalue weighted by molar-refractivity contribution is 5.85. The van der Waals surface area contributed by atoms with Gasteiger partial charge in [0.25, 0.3) is 0 Å². The summed E-state index contributed by atoms with van der Waals surface area (Å²) in [5, 5.41) is 7.40. The third kappa shape index (κ3) is 0.930. The Hall–Kier alpha value is -1.16. The molecule has 0 unspecified atom stereocenters. The summed E-state index contributed by atoms with van der Waals surface area (Å²) in [6.07, 6.45) is 5.00. The molecule has 0 aliphatic carbocycles. The molecule has 0 atom stereocenters. The predicted molar refractivity (Wildman–Crippen MR) is 38.0 cm³/mol. The van der Waals surface area contributed by atoms with Crippen LogP contribution in [0.3, 0.4) is 0 Å². The van der Waals surface area contributed by atoms with E-state index in [1.807, 2.05) is 6.07 Å². The summed E-state index contributed by atoms with van der Waals surface area (Å²) >= 11 is 0. The van der Waals surface area contributed by atoms with Crippen LogP contribution in [0.1, 0.15) is 0 Å². The van der Waals surface area contributed by atoms with Gasteiger partial charge in [0.15, 0.2) is 0 Å². The molecule has 0 amide bonds. The van der Waals surface area contributed by atoms with E-state index in [-0.39, 0.29) is 12.4 Å². The summed E-state index contributed by atoms with van der Waals surface area (Å²) in [5.41, 5.74) is 0.963. The first kappa shape index (κ1) is 6.95. The van der Waals surface area contributed by atoms with Crippen molar-refractivity contribution in [3.05, 3.63) is 24.8 Å². The lowest BCUT2D eigenvalue weighted by Crippen LogP contribution is -1.86. The summed E-state index contributed by atoms with van der Waals surface area (Å²) in [4.78, 5) is 3.85. The lowest BCUT2D eigenvalue weighted by Gasteiger charge is -1.83. The number of fused-ring (bicyclic) bond motifs is 1. The van der Waals surface area contributed by atoms with E-state index < -0.39 is 0 Å². The maximum Gasteiger partial charge on any atom is 0.119 e. The molecule has 52 valence electrons. The highest BCUT2D eigenvalue weighted by Crippen LogP contribution is 1.93. The van der Waals surface area contributed by atoms with Crippen molar-refractivity contribution in [1.82, 2.24) is 19.8 Å². The van der Waals surface area contributed by atoms with Crippen LogP contribution in [-0.4, -0.2) is 19.8 Å². The molecule has 10 heavy (non-hydrogen) atoms. The minimum atomic E-state index is 0. The largest absolute Gasteiger partial charge is 0.245 e. The fourth-order valence-corrected chi connectivity index (χ4v) is 0.682. The number of aromatic nitrogens is 4. The van der Waals surface area contributed by atoms with Gasteiger partial charge in [-0.05, 0) is 6.07 Å². The Morgan fingerprint density at radius 2 is 2.30 bits per heavy atom. The zero-order valence-corrected chi connectivity index (χ0v) is 5.82. The van der Waals surface area contributed by atoms with Crippen LogP contribution >= 0.6 is 12.4 Å². The summed E-state index contributed by atoms with van der Waals surface area (Å²) in [7, 11) is 0. The van der Waals surface area contributed by atoms with Crippen molar-refractivity contribution in [3.63, 3.8) is 0 Å². The van der Waals surface area contributed by atoms with E-state index in [1.54, 1.807) is 23.2 Å². The molecular weight excluding hydrogens is 152 g/mol. The standard InChI is InChI=1S/C5H4N4.ClH/c1-2-6-4-9-5(1)3-7-8-9;/h1-4H;1H. The van der Waals surface area contributed by atoms with Gasteiger partial charge in [-0.2, -0.15) is 0 Å². The van der Waals surface area contributed by atoms with Crippen molar-refractivity contribution < 1.29 is 0 Å². The first-order valence-corrected chi connectivity index (χ1v) is 2.57. The van der Waals surface area contributed by atoms with E-state index in [0.29, 0.717) is 0 Å². The molecule has 0 fully saturated rings. The van der Waals surface area contributed by atoms with E-state index in [2.05, 4.69) is 15.3 Å². The van der Waals surface area contributed by atoms with E-state index in [9.17, 15) is 0 Å². The molecule has 0 N–H and O–H groups in total. The molecule has 0 aromatic carbocycles. The first-order valence-electron chi connectivity index (χ1n) is 2.57. The minimum Gasteiger partial charge on any atom is -0.245 e. The van der Waals surface area contributed by atoms with Gasteiger partial charge in [0, 0.05) is 6.20 Å². The normalized spacial score (nSPS) is 9.20. The van der Waals surface area contributed by atoms with Gasteiger partial charge < -0.3 is 0 Å². The zero-order valence-electron chi connectivity index (χ0n) is 5.01. The SMILES string of the molecule is Cl.c1cc2cnnn2cn1. The molecule has 2 aromatic rings. The van der Waals surface area contributed by atoms with Gasteiger partial charge in [0.05, 0.1) is 11.7 Å². The van der Waals surface area contributed by atoms with Crippen molar-refractivity contribution in [2.75, 3.05) is 0 Å². The number of rotatable bonds is 0. The second-order valence-electron chi connectivity index (χ2n) is 1.68. The van der Waals surface area contributed by atoms with Crippen molar-refractivity contribution in [2.45, 2.75) is 0 Å². The van der Waals surface area contributed by atoms with Crippen molar-refractivity contribution >= 4 is 17.9 Å². The van der Waals surface area contributed by atoms with Gasteiger partial charge in [0.2, 0.25) is 0 Å². The number of hydrogen-bond acceptors (Lipinski definition) is 3. The van der Waals surface area contributed by atoms with Crippen LogP contribution in [0.5, 0.6) is 0 Å². The highest BCUT2D eigenvalue weighted by atomic mass is 35.5. The van der Waals surface area contributed by atoms with Gasteiger partial charge in [-0.25, -0.2) is 9.50 Å². The highest BCUT2D eigenvalue weighted by Gasteiger charge is 1.87. The van der Waals surface area contributed by atoms with E-state index in [4.69, 9.17) is 0 Å². The predicted octanol–water partition coefficient (Wildman–Crippen LogP) is 0.546. The van der Waals surface area contributed by atoms with Crippen LogP contribution < -0.4 is 0 Å². The number of hydrogen-bond donors (Lipinski definition) is 0. The number of nitrogens with zero attached hydrogens (tertiary/aromatic N) is 4. The fraction of sp³-hybridized carbons (Fsp3) is 0. The second-order valence-corrected chi connectivity index (χ2v) is 1.68. The minimum absolute atomic E-state index is 0. The molecule has 5 heteroatoms. The smallest absolute Gasteiger partial charge is 0.119 e. The van der Waals surface area contributed by atoms with Crippen molar-refractivity contribution in [3.8, 4) is 0 Å². The van der Waals surface area contributed by atoms with Crippen LogP contribution in [-0.2, 0) is 0 Å². The molecule has 2 rings (SSSR count). The van der Waals surface area contributed by atoms with Crippen molar-refractivity contribution in [2.24, 2.45) is 0 Å². The Labute approximate surface area is 63.3 Å². The zero-order chi connectivity index (χ0) is 6.10. The molecule has 0 spiro atoms. The monoisotopic (exact) mass is 156 g/mol. The quantitative estimate of drug-likeness (QED) is 0.560. The van der Waals surface area contributed by atoms with E-state index >= 15 is 0 Å². The Morgan fingerprint density at radius 1 is 1.40 bits per heavy atom.